The molecule has 0 radical (unpaired) electrons. The van der Waals surface area contributed by atoms with Crippen molar-refractivity contribution in [2.45, 2.75) is 0 Å². The van der Waals surface area contributed by atoms with Gasteiger partial charge in [-0.05, 0) is 94.0 Å². The zero-order chi connectivity index (χ0) is 26.6. The summed E-state index contributed by atoms with van der Waals surface area (Å²) in [6, 6.07) is 50.5. The molecular weight excluding hydrogens is 478 g/mol. The molecule has 0 aliphatic heterocycles. The van der Waals surface area contributed by atoms with Crippen molar-refractivity contribution >= 4 is 17.1 Å². The van der Waals surface area contributed by atoms with Gasteiger partial charge in [0.1, 0.15) is 11.5 Å². The third-order valence-electron chi connectivity index (χ3n) is 6.88. The van der Waals surface area contributed by atoms with Gasteiger partial charge in [0.05, 0.1) is 0 Å². The third-order valence-corrected chi connectivity index (χ3v) is 6.88. The molecular formula is C36H27NO2. The van der Waals surface area contributed by atoms with Gasteiger partial charge in [0.15, 0.2) is 0 Å². The molecule has 0 saturated carbocycles. The van der Waals surface area contributed by atoms with Crippen molar-refractivity contribution in [2.24, 2.45) is 0 Å². The first-order chi connectivity index (χ1) is 19.1. The summed E-state index contributed by atoms with van der Waals surface area (Å²) in [7, 11) is 0. The van der Waals surface area contributed by atoms with E-state index in [0.29, 0.717) is 0 Å². The van der Waals surface area contributed by atoms with E-state index in [0.717, 1.165) is 39.3 Å². The molecule has 0 saturated heterocycles. The topological polar surface area (TPSA) is 43.7 Å². The lowest BCUT2D eigenvalue weighted by atomic mass is 10.0. The number of rotatable bonds is 6. The highest BCUT2D eigenvalue weighted by molar-refractivity contribution is 5.81. The van der Waals surface area contributed by atoms with Crippen LogP contribution < -0.4 is 4.90 Å². The summed E-state index contributed by atoms with van der Waals surface area (Å²) in [5.74, 6) is 0.521. The van der Waals surface area contributed by atoms with Crippen LogP contribution >= 0.6 is 0 Å². The molecule has 0 fully saturated rings. The molecule has 0 aliphatic rings. The monoisotopic (exact) mass is 505 g/mol. The molecule has 2 N–H and O–H groups in total. The van der Waals surface area contributed by atoms with Gasteiger partial charge >= 0.3 is 0 Å². The molecule has 0 unspecified atom stereocenters. The second-order valence-corrected chi connectivity index (χ2v) is 9.44. The lowest BCUT2D eigenvalue weighted by molar-refractivity contribution is 0.475. The van der Waals surface area contributed by atoms with Crippen molar-refractivity contribution in [3.63, 3.8) is 0 Å². The average Bonchev–Trinajstić information content (AvgIpc) is 3.00. The number of anilines is 3. The molecule has 0 spiro atoms. The van der Waals surface area contributed by atoms with Gasteiger partial charge in [0, 0.05) is 17.1 Å². The van der Waals surface area contributed by atoms with E-state index in [-0.39, 0.29) is 11.5 Å². The number of hydrogen-bond acceptors (Lipinski definition) is 3. The van der Waals surface area contributed by atoms with Gasteiger partial charge in [-0.15, -0.1) is 0 Å². The first-order valence-electron chi connectivity index (χ1n) is 12.9. The second-order valence-electron chi connectivity index (χ2n) is 9.44. The Morgan fingerprint density at radius 3 is 0.846 bits per heavy atom. The highest BCUT2D eigenvalue weighted by atomic mass is 16.3. The third kappa shape index (κ3) is 5.25. The smallest absolute Gasteiger partial charge is 0.115 e. The van der Waals surface area contributed by atoms with Crippen LogP contribution in [0, 0.1) is 0 Å². The predicted molar refractivity (Wildman–Crippen MR) is 161 cm³/mol. The van der Waals surface area contributed by atoms with Crippen LogP contribution in [0.4, 0.5) is 17.1 Å². The van der Waals surface area contributed by atoms with E-state index >= 15 is 0 Å². The predicted octanol–water partition coefficient (Wildman–Crippen LogP) is 9.57. The van der Waals surface area contributed by atoms with Gasteiger partial charge in [-0.1, -0.05) is 91.0 Å². The summed E-state index contributed by atoms with van der Waals surface area (Å²) in [6.45, 7) is 0. The Morgan fingerprint density at radius 2 is 0.538 bits per heavy atom. The first kappa shape index (κ1) is 24.1. The molecule has 6 aromatic carbocycles. The molecule has 0 amide bonds. The molecule has 6 rings (SSSR count). The average molecular weight is 506 g/mol. The van der Waals surface area contributed by atoms with Gasteiger partial charge in [-0.2, -0.15) is 0 Å². The minimum atomic E-state index is 0.260. The maximum Gasteiger partial charge on any atom is 0.115 e. The van der Waals surface area contributed by atoms with Crippen LogP contribution in [-0.4, -0.2) is 10.2 Å². The summed E-state index contributed by atoms with van der Waals surface area (Å²) >= 11 is 0. The first-order valence-corrected chi connectivity index (χ1v) is 12.9. The van der Waals surface area contributed by atoms with Crippen LogP contribution in [-0.2, 0) is 0 Å². The molecule has 188 valence electrons. The fraction of sp³-hybridized carbons (Fsp3) is 0. The minimum absolute atomic E-state index is 0.260. The Bertz CT molecular complexity index is 1570. The summed E-state index contributed by atoms with van der Waals surface area (Å²) < 4.78 is 0. The summed E-state index contributed by atoms with van der Waals surface area (Å²) in [5.41, 5.74) is 9.78. The van der Waals surface area contributed by atoms with Gasteiger partial charge in [-0.25, -0.2) is 0 Å². The second kappa shape index (κ2) is 10.6. The van der Waals surface area contributed by atoms with Gasteiger partial charge in [-0.3, -0.25) is 0 Å². The number of hydrogen-bond donors (Lipinski definition) is 2. The fourth-order valence-corrected chi connectivity index (χ4v) is 4.79. The standard InChI is InChI=1S/C36H27NO2/c38-35-22-12-30(13-23-35)28-8-18-33(19-9-28)37(32-16-6-27(7-17-32)26-4-2-1-3-5-26)34-20-10-29(11-21-34)31-14-24-36(39)25-15-31/h1-25,38-39H. The molecule has 0 heterocycles. The number of phenolic OH excluding ortho intramolecular Hbond substituents is 2. The summed E-state index contributed by atoms with van der Waals surface area (Å²) in [4.78, 5) is 2.25. The van der Waals surface area contributed by atoms with E-state index in [9.17, 15) is 10.2 Å². The van der Waals surface area contributed by atoms with Gasteiger partial charge in [0.2, 0.25) is 0 Å². The molecule has 3 nitrogen and oxygen atoms in total. The Hall–Kier alpha value is -5.28. The van der Waals surface area contributed by atoms with Crippen molar-refractivity contribution in [3.8, 4) is 44.9 Å². The van der Waals surface area contributed by atoms with Crippen LogP contribution in [0.2, 0.25) is 0 Å². The number of aromatic hydroxyl groups is 2. The Morgan fingerprint density at radius 1 is 0.282 bits per heavy atom. The van der Waals surface area contributed by atoms with Crippen molar-refractivity contribution in [1.82, 2.24) is 0 Å². The normalized spacial score (nSPS) is 10.8. The Balaban J connectivity index is 1.37. The van der Waals surface area contributed by atoms with Crippen molar-refractivity contribution in [2.75, 3.05) is 4.90 Å². The zero-order valence-electron chi connectivity index (χ0n) is 21.3. The quantitative estimate of drug-likeness (QED) is 0.237. The van der Waals surface area contributed by atoms with E-state index in [1.807, 2.05) is 30.3 Å². The molecule has 39 heavy (non-hydrogen) atoms. The van der Waals surface area contributed by atoms with E-state index < -0.39 is 0 Å². The van der Waals surface area contributed by atoms with Crippen LogP contribution in [0.1, 0.15) is 0 Å². The van der Waals surface area contributed by atoms with Gasteiger partial charge in [0.25, 0.3) is 0 Å². The highest BCUT2D eigenvalue weighted by Gasteiger charge is 2.14. The maximum atomic E-state index is 9.65. The summed E-state index contributed by atoms with van der Waals surface area (Å²) in [5, 5.41) is 19.3. The lowest BCUT2D eigenvalue weighted by Gasteiger charge is -2.26. The number of nitrogens with zero attached hydrogens (tertiary/aromatic N) is 1. The molecule has 6 aromatic rings. The summed E-state index contributed by atoms with van der Waals surface area (Å²) in [6.07, 6.45) is 0. The fourth-order valence-electron chi connectivity index (χ4n) is 4.79. The lowest BCUT2D eigenvalue weighted by Crippen LogP contribution is -2.09. The molecule has 0 aliphatic carbocycles. The van der Waals surface area contributed by atoms with Crippen molar-refractivity contribution < 1.29 is 10.2 Å². The molecule has 0 bridgehead atoms. The molecule has 0 atom stereocenters. The van der Waals surface area contributed by atoms with Crippen LogP contribution in [0.15, 0.2) is 152 Å². The van der Waals surface area contributed by atoms with Crippen LogP contribution in [0.3, 0.4) is 0 Å². The number of phenols is 2. The van der Waals surface area contributed by atoms with E-state index in [4.69, 9.17) is 0 Å². The molecule has 3 heteroatoms. The molecule has 0 aromatic heterocycles. The van der Waals surface area contributed by atoms with Crippen LogP contribution in [0.25, 0.3) is 33.4 Å². The zero-order valence-corrected chi connectivity index (χ0v) is 21.3. The Labute approximate surface area is 228 Å². The minimum Gasteiger partial charge on any atom is -0.508 e. The number of benzene rings is 6. The van der Waals surface area contributed by atoms with E-state index in [1.54, 1.807) is 24.3 Å². The van der Waals surface area contributed by atoms with E-state index in [2.05, 4.69) is 102 Å². The van der Waals surface area contributed by atoms with Crippen molar-refractivity contribution in [3.05, 3.63) is 152 Å². The van der Waals surface area contributed by atoms with Gasteiger partial charge < -0.3 is 15.1 Å². The van der Waals surface area contributed by atoms with Crippen LogP contribution in [0.5, 0.6) is 11.5 Å². The Kier molecular flexibility index (Phi) is 6.55. The maximum absolute atomic E-state index is 9.65. The van der Waals surface area contributed by atoms with Crippen molar-refractivity contribution in [1.29, 1.82) is 0 Å². The largest absolute Gasteiger partial charge is 0.508 e. The SMILES string of the molecule is Oc1ccc(-c2ccc(N(c3ccc(-c4ccccc4)cc3)c3ccc(-c4ccc(O)cc4)cc3)cc2)cc1. The highest BCUT2D eigenvalue weighted by Crippen LogP contribution is 2.37. The van der Waals surface area contributed by atoms with E-state index in [1.165, 1.54) is 11.1 Å².